The van der Waals surface area contributed by atoms with Crippen molar-refractivity contribution in [3.63, 3.8) is 0 Å². The summed E-state index contributed by atoms with van der Waals surface area (Å²) in [5.41, 5.74) is 2.36. The van der Waals surface area contributed by atoms with E-state index in [2.05, 4.69) is 48.3 Å². The normalized spacial score (nSPS) is 15.3. The summed E-state index contributed by atoms with van der Waals surface area (Å²) in [5, 5.41) is 3.37. The van der Waals surface area contributed by atoms with Crippen molar-refractivity contribution in [2.24, 2.45) is 0 Å². The van der Waals surface area contributed by atoms with Crippen molar-refractivity contribution in [2.75, 3.05) is 19.6 Å². The van der Waals surface area contributed by atoms with Crippen LogP contribution in [0.15, 0.2) is 24.3 Å². The van der Waals surface area contributed by atoms with Crippen LogP contribution < -0.4 is 5.32 Å². The van der Waals surface area contributed by atoms with E-state index in [1.807, 2.05) is 0 Å². The van der Waals surface area contributed by atoms with Crippen LogP contribution >= 0.6 is 12.4 Å². The number of hydrogen-bond donors (Lipinski definition) is 1. The van der Waals surface area contributed by atoms with E-state index in [1.54, 1.807) is 0 Å². The summed E-state index contributed by atoms with van der Waals surface area (Å²) in [6, 6.07) is 8.72. The highest BCUT2D eigenvalue weighted by atomic mass is 35.5. The minimum atomic E-state index is 0. The molecule has 0 atom stereocenters. The first kappa shape index (κ1) is 18.0. The standard InChI is InChI=1S/C17H26N2O.ClH/c1-3-12-19(16-8-10-18-11-9-16)17(20)13-15-6-4-14(2)5-7-15;/h4-7,16,18H,3,8-13H2,1-2H3;1H. The Morgan fingerprint density at radius 3 is 2.43 bits per heavy atom. The summed E-state index contributed by atoms with van der Waals surface area (Å²) in [7, 11) is 0. The van der Waals surface area contributed by atoms with Crippen LogP contribution in [0.3, 0.4) is 0 Å². The lowest BCUT2D eigenvalue weighted by atomic mass is 10.0. The molecular weight excluding hydrogens is 284 g/mol. The SMILES string of the molecule is CCCN(C(=O)Cc1ccc(C)cc1)C1CCNCC1.Cl. The molecule has 0 unspecified atom stereocenters. The van der Waals surface area contributed by atoms with Crippen molar-refractivity contribution >= 4 is 18.3 Å². The van der Waals surface area contributed by atoms with Crippen LogP contribution in [-0.4, -0.2) is 36.5 Å². The quantitative estimate of drug-likeness (QED) is 0.907. The van der Waals surface area contributed by atoms with E-state index in [1.165, 1.54) is 5.56 Å². The number of rotatable bonds is 5. The van der Waals surface area contributed by atoms with Gasteiger partial charge in [-0.1, -0.05) is 36.8 Å². The molecule has 4 heteroatoms. The van der Waals surface area contributed by atoms with Gasteiger partial charge in [-0.25, -0.2) is 0 Å². The maximum absolute atomic E-state index is 12.6. The second kappa shape index (κ2) is 9.06. The minimum Gasteiger partial charge on any atom is -0.339 e. The Balaban J connectivity index is 0.00000220. The largest absolute Gasteiger partial charge is 0.339 e. The predicted molar refractivity (Wildman–Crippen MR) is 90.0 cm³/mol. The molecule has 0 spiro atoms. The lowest BCUT2D eigenvalue weighted by Crippen LogP contribution is -2.47. The molecule has 3 nitrogen and oxygen atoms in total. The molecule has 0 saturated carbocycles. The Kier molecular flexibility index (Phi) is 7.76. The summed E-state index contributed by atoms with van der Waals surface area (Å²) in [6.45, 7) is 7.16. The molecule has 2 rings (SSSR count). The number of benzene rings is 1. The van der Waals surface area contributed by atoms with Crippen molar-refractivity contribution < 1.29 is 4.79 Å². The monoisotopic (exact) mass is 310 g/mol. The van der Waals surface area contributed by atoms with Crippen molar-refractivity contribution in [3.8, 4) is 0 Å². The number of piperidine rings is 1. The Bertz CT molecular complexity index is 427. The molecule has 1 saturated heterocycles. The van der Waals surface area contributed by atoms with E-state index in [0.717, 1.165) is 44.5 Å². The van der Waals surface area contributed by atoms with Gasteiger partial charge in [-0.05, 0) is 44.8 Å². The fraction of sp³-hybridized carbons (Fsp3) is 0.588. The highest BCUT2D eigenvalue weighted by molar-refractivity contribution is 5.85. The van der Waals surface area contributed by atoms with E-state index in [-0.39, 0.29) is 18.3 Å². The maximum atomic E-state index is 12.6. The number of halogens is 1. The molecule has 1 N–H and O–H groups in total. The third-order valence-electron chi connectivity index (χ3n) is 4.01. The van der Waals surface area contributed by atoms with Crippen LogP contribution in [-0.2, 0) is 11.2 Å². The number of nitrogens with one attached hydrogen (secondary N) is 1. The topological polar surface area (TPSA) is 32.3 Å². The molecular formula is C17H27ClN2O. The Morgan fingerprint density at radius 2 is 1.86 bits per heavy atom. The Hall–Kier alpha value is -1.06. The van der Waals surface area contributed by atoms with Crippen LogP contribution in [0.4, 0.5) is 0 Å². The summed E-state index contributed by atoms with van der Waals surface area (Å²) >= 11 is 0. The summed E-state index contributed by atoms with van der Waals surface area (Å²) < 4.78 is 0. The minimum absolute atomic E-state index is 0. The number of aryl methyl sites for hydroxylation is 1. The highest BCUT2D eigenvalue weighted by Crippen LogP contribution is 2.15. The molecule has 1 aliphatic heterocycles. The number of nitrogens with zero attached hydrogens (tertiary/aromatic N) is 1. The van der Waals surface area contributed by atoms with Gasteiger partial charge in [0.1, 0.15) is 0 Å². The molecule has 1 aromatic rings. The number of amides is 1. The molecule has 0 bridgehead atoms. The van der Waals surface area contributed by atoms with Crippen LogP contribution in [0.2, 0.25) is 0 Å². The van der Waals surface area contributed by atoms with Crippen LogP contribution in [0.25, 0.3) is 0 Å². The molecule has 0 radical (unpaired) electrons. The lowest BCUT2D eigenvalue weighted by Gasteiger charge is -2.34. The summed E-state index contributed by atoms with van der Waals surface area (Å²) in [5.74, 6) is 0.280. The molecule has 0 aliphatic carbocycles. The summed E-state index contributed by atoms with van der Waals surface area (Å²) in [6.07, 6.45) is 3.73. The van der Waals surface area contributed by atoms with Crippen LogP contribution in [0.1, 0.15) is 37.3 Å². The fourth-order valence-corrected chi connectivity index (χ4v) is 2.85. The van der Waals surface area contributed by atoms with Crippen molar-refractivity contribution in [3.05, 3.63) is 35.4 Å². The molecule has 1 fully saturated rings. The van der Waals surface area contributed by atoms with Crippen molar-refractivity contribution in [2.45, 2.75) is 45.6 Å². The number of carbonyl (C=O) groups excluding carboxylic acids is 1. The van der Waals surface area contributed by atoms with Gasteiger partial charge in [0.05, 0.1) is 6.42 Å². The molecule has 118 valence electrons. The van der Waals surface area contributed by atoms with Gasteiger partial charge in [0.15, 0.2) is 0 Å². The van der Waals surface area contributed by atoms with Gasteiger partial charge in [0.2, 0.25) is 5.91 Å². The molecule has 1 aliphatic rings. The molecule has 1 amide bonds. The third kappa shape index (κ3) is 5.33. The van der Waals surface area contributed by atoms with E-state index < -0.39 is 0 Å². The van der Waals surface area contributed by atoms with Gasteiger partial charge >= 0.3 is 0 Å². The molecule has 0 aromatic heterocycles. The van der Waals surface area contributed by atoms with E-state index in [0.29, 0.717) is 12.5 Å². The molecule has 21 heavy (non-hydrogen) atoms. The Labute approximate surface area is 134 Å². The van der Waals surface area contributed by atoms with Crippen LogP contribution in [0, 0.1) is 6.92 Å². The third-order valence-corrected chi connectivity index (χ3v) is 4.01. The lowest BCUT2D eigenvalue weighted by molar-refractivity contribution is -0.133. The molecule has 1 heterocycles. The zero-order valence-electron chi connectivity index (χ0n) is 13.1. The first-order chi connectivity index (χ1) is 9.70. The zero-order chi connectivity index (χ0) is 14.4. The smallest absolute Gasteiger partial charge is 0.227 e. The van der Waals surface area contributed by atoms with E-state index >= 15 is 0 Å². The highest BCUT2D eigenvalue weighted by Gasteiger charge is 2.24. The van der Waals surface area contributed by atoms with Crippen molar-refractivity contribution in [1.29, 1.82) is 0 Å². The van der Waals surface area contributed by atoms with Gasteiger partial charge in [0.25, 0.3) is 0 Å². The second-order valence-electron chi connectivity index (χ2n) is 5.73. The number of hydrogen-bond acceptors (Lipinski definition) is 2. The average molecular weight is 311 g/mol. The first-order valence-corrected chi connectivity index (χ1v) is 7.76. The van der Waals surface area contributed by atoms with Crippen LogP contribution in [0.5, 0.6) is 0 Å². The second-order valence-corrected chi connectivity index (χ2v) is 5.73. The predicted octanol–water partition coefficient (Wildman–Crippen LogP) is 2.95. The molecule has 1 aromatic carbocycles. The Morgan fingerprint density at radius 1 is 1.24 bits per heavy atom. The zero-order valence-corrected chi connectivity index (χ0v) is 13.9. The summed E-state index contributed by atoms with van der Waals surface area (Å²) in [4.78, 5) is 14.7. The first-order valence-electron chi connectivity index (χ1n) is 7.76. The van der Waals surface area contributed by atoms with Crippen molar-refractivity contribution in [1.82, 2.24) is 10.2 Å². The average Bonchev–Trinajstić information content (AvgIpc) is 2.48. The van der Waals surface area contributed by atoms with Gasteiger partial charge in [0, 0.05) is 12.6 Å². The van der Waals surface area contributed by atoms with E-state index in [9.17, 15) is 4.79 Å². The van der Waals surface area contributed by atoms with Gasteiger partial charge in [-0.3, -0.25) is 4.79 Å². The number of carbonyl (C=O) groups is 1. The van der Waals surface area contributed by atoms with Gasteiger partial charge < -0.3 is 10.2 Å². The van der Waals surface area contributed by atoms with E-state index in [4.69, 9.17) is 0 Å². The van der Waals surface area contributed by atoms with Gasteiger partial charge in [-0.15, -0.1) is 12.4 Å². The fourth-order valence-electron chi connectivity index (χ4n) is 2.85. The maximum Gasteiger partial charge on any atom is 0.227 e. The van der Waals surface area contributed by atoms with Gasteiger partial charge in [-0.2, -0.15) is 0 Å².